The van der Waals surface area contributed by atoms with Crippen LogP contribution in [0.2, 0.25) is 0 Å². The number of aryl methyl sites for hydroxylation is 2. The number of aromatic nitrogens is 2. The van der Waals surface area contributed by atoms with Crippen molar-refractivity contribution in [3.05, 3.63) is 17.0 Å². The monoisotopic (exact) mass is 359 g/mol. The Morgan fingerprint density at radius 2 is 1.56 bits per heavy atom. The van der Waals surface area contributed by atoms with Gasteiger partial charge in [0.2, 0.25) is 5.91 Å². The number of nitrogens with one attached hydrogen (secondary N) is 1. The number of nitrogens with zero attached hydrogens (tertiary/aromatic N) is 2. The Kier molecular flexibility index (Phi) is 4.55. The molecule has 0 atom stereocenters. The van der Waals surface area contributed by atoms with Gasteiger partial charge in [-0.15, -0.1) is 0 Å². The van der Waals surface area contributed by atoms with E-state index in [9.17, 15) is 4.79 Å². The summed E-state index contributed by atoms with van der Waals surface area (Å²) < 4.78 is 0. The highest BCUT2D eigenvalue weighted by Crippen LogP contribution is 2.59. The molecule has 5 rings (SSSR count). The Morgan fingerprint density at radius 3 is 2.08 bits per heavy atom. The summed E-state index contributed by atoms with van der Waals surface area (Å²) in [5.74, 6) is 3.34. The van der Waals surface area contributed by atoms with E-state index >= 15 is 0 Å². The van der Waals surface area contributed by atoms with Crippen LogP contribution in [0.4, 0.5) is 0 Å². The molecule has 1 aromatic heterocycles. The summed E-state index contributed by atoms with van der Waals surface area (Å²) >= 11 is 1.45. The molecule has 0 spiro atoms. The van der Waals surface area contributed by atoms with Crippen molar-refractivity contribution in [1.82, 2.24) is 15.3 Å². The molecular formula is C20H29N3OS. The fraction of sp³-hybridized carbons (Fsp3) is 0.750. The van der Waals surface area contributed by atoms with Crippen LogP contribution in [0, 0.1) is 43.9 Å². The first-order valence-corrected chi connectivity index (χ1v) is 10.6. The van der Waals surface area contributed by atoms with Crippen molar-refractivity contribution in [2.75, 3.05) is 12.3 Å². The lowest BCUT2D eigenvalue weighted by molar-refractivity contribution is -0.120. The Labute approximate surface area is 155 Å². The van der Waals surface area contributed by atoms with Gasteiger partial charge in [-0.05, 0) is 88.0 Å². The van der Waals surface area contributed by atoms with Crippen LogP contribution in [-0.2, 0) is 4.79 Å². The molecule has 0 aliphatic heterocycles. The van der Waals surface area contributed by atoms with Crippen LogP contribution in [0.25, 0.3) is 0 Å². The van der Waals surface area contributed by atoms with E-state index in [4.69, 9.17) is 0 Å². The summed E-state index contributed by atoms with van der Waals surface area (Å²) in [6.45, 7) is 6.92. The van der Waals surface area contributed by atoms with Crippen LogP contribution in [-0.4, -0.2) is 28.2 Å². The van der Waals surface area contributed by atoms with E-state index < -0.39 is 0 Å². The van der Waals surface area contributed by atoms with Crippen molar-refractivity contribution < 1.29 is 4.79 Å². The minimum Gasteiger partial charge on any atom is -0.355 e. The molecule has 4 saturated carbocycles. The van der Waals surface area contributed by atoms with Gasteiger partial charge in [-0.2, -0.15) is 0 Å². The lowest BCUT2D eigenvalue weighted by atomic mass is 9.49. The molecule has 4 aliphatic carbocycles. The average molecular weight is 360 g/mol. The van der Waals surface area contributed by atoms with E-state index in [-0.39, 0.29) is 5.91 Å². The standard InChI is InChI=1S/C20H29N3OS/c1-12-13(2)22-19(23-14(12)3)25-10-18(24)21-11-20-7-15-4-16(8-20)6-17(5-15)9-20/h15-17H,4-11H2,1-3H3,(H,21,24). The molecule has 4 fully saturated rings. The number of carbonyl (C=O) groups is 1. The molecule has 1 heterocycles. The molecule has 4 nitrogen and oxygen atoms in total. The molecular weight excluding hydrogens is 330 g/mol. The van der Waals surface area contributed by atoms with Crippen molar-refractivity contribution >= 4 is 17.7 Å². The average Bonchev–Trinajstić information content (AvgIpc) is 2.54. The maximum atomic E-state index is 12.4. The van der Waals surface area contributed by atoms with E-state index in [0.29, 0.717) is 16.3 Å². The minimum absolute atomic E-state index is 0.125. The van der Waals surface area contributed by atoms with Crippen LogP contribution in [0.15, 0.2) is 5.16 Å². The Morgan fingerprint density at radius 1 is 1.04 bits per heavy atom. The van der Waals surface area contributed by atoms with Crippen LogP contribution in [0.5, 0.6) is 0 Å². The molecule has 1 amide bonds. The van der Waals surface area contributed by atoms with Gasteiger partial charge in [0.1, 0.15) is 0 Å². The van der Waals surface area contributed by atoms with E-state index in [2.05, 4.69) is 15.3 Å². The van der Waals surface area contributed by atoms with Crippen molar-refractivity contribution in [2.45, 2.75) is 64.5 Å². The van der Waals surface area contributed by atoms with Crippen LogP contribution < -0.4 is 5.32 Å². The lowest BCUT2D eigenvalue weighted by Crippen LogP contribution is -2.51. The number of hydrogen-bond acceptors (Lipinski definition) is 4. The van der Waals surface area contributed by atoms with E-state index in [1.165, 1.54) is 50.3 Å². The summed E-state index contributed by atoms with van der Waals surface area (Å²) in [6, 6.07) is 0. The van der Waals surface area contributed by atoms with Gasteiger partial charge in [-0.25, -0.2) is 9.97 Å². The predicted molar refractivity (Wildman–Crippen MR) is 101 cm³/mol. The second kappa shape index (κ2) is 6.57. The SMILES string of the molecule is Cc1nc(SCC(=O)NCC23CC4CC(CC(C4)C2)C3)nc(C)c1C. The Hall–Kier alpha value is -1.10. The minimum atomic E-state index is 0.125. The fourth-order valence-electron chi connectivity index (χ4n) is 5.78. The third-order valence-corrected chi connectivity index (χ3v) is 7.62. The highest BCUT2D eigenvalue weighted by Gasteiger charge is 2.50. The van der Waals surface area contributed by atoms with Crippen molar-refractivity contribution in [3.63, 3.8) is 0 Å². The molecule has 1 N–H and O–H groups in total. The third kappa shape index (κ3) is 3.57. The molecule has 4 aliphatic rings. The highest BCUT2D eigenvalue weighted by molar-refractivity contribution is 7.99. The second-order valence-corrected chi connectivity index (χ2v) is 9.73. The maximum Gasteiger partial charge on any atom is 0.230 e. The van der Waals surface area contributed by atoms with Gasteiger partial charge < -0.3 is 5.32 Å². The summed E-state index contributed by atoms with van der Waals surface area (Å²) in [4.78, 5) is 21.3. The molecule has 0 radical (unpaired) electrons. The van der Waals surface area contributed by atoms with E-state index in [1.807, 2.05) is 20.8 Å². The zero-order chi connectivity index (χ0) is 17.6. The van der Waals surface area contributed by atoms with Gasteiger partial charge in [0, 0.05) is 17.9 Å². The predicted octanol–water partition coefficient (Wildman–Crippen LogP) is 3.83. The summed E-state index contributed by atoms with van der Waals surface area (Å²) in [6.07, 6.45) is 8.37. The summed E-state index contributed by atoms with van der Waals surface area (Å²) in [5.41, 5.74) is 3.55. The number of amides is 1. The lowest BCUT2D eigenvalue weighted by Gasteiger charge is -2.56. The van der Waals surface area contributed by atoms with Gasteiger partial charge in [0.25, 0.3) is 0 Å². The van der Waals surface area contributed by atoms with Gasteiger partial charge in [0.15, 0.2) is 5.16 Å². The van der Waals surface area contributed by atoms with E-state index in [1.54, 1.807) is 0 Å². The third-order valence-electron chi connectivity index (χ3n) is 6.77. The van der Waals surface area contributed by atoms with Crippen LogP contribution in [0.1, 0.15) is 55.5 Å². The van der Waals surface area contributed by atoms with Gasteiger partial charge in [-0.1, -0.05) is 11.8 Å². The summed E-state index contributed by atoms with van der Waals surface area (Å²) in [5, 5.41) is 3.95. The number of rotatable bonds is 5. The molecule has 1 aromatic rings. The quantitative estimate of drug-likeness (QED) is 0.641. The first kappa shape index (κ1) is 17.3. The molecule has 25 heavy (non-hydrogen) atoms. The van der Waals surface area contributed by atoms with Crippen LogP contribution in [0.3, 0.4) is 0 Å². The van der Waals surface area contributed by atoms with Crippen molar-refractivity contribution in [2.24, 2.45) is 23.2 Å². The van der Waals surface area contributed by atoms with Gasteiger partial charge >= 0.3 is 0 Å². The van der Waals surface area contributed by atoms with Crippen molar-refractivity contribution in [3.8, 4) is 0 Å². The highest BCUT2D eigenvalue weighted by atomic mass is 32.2. The van der Waals surface area contributed by atoms with Crippen molar-refractivity contribution in [1.29, 1.82) is 0 Å². The molecule has 0 saturated heterocycles. The number of thioether (sulfide) groups is 1. The second-order valence-electron chi connectivity index (χ2n) is 8.78. The number of carbonyl (C=O) groups excluding carboxylic acids is 1. The largest absolute Gasteiger partial charge is 0.355 e. The first-order chi connectivity index (χ1) is 11.9. The first-order valence-electron chi connectivity index (χ1n) is 9.64. The normalized spacial score (nSPS) is 32.8. The fourth-order valence-corrected chi connectivity index (χ4v) is 6.54. The Balaban J connectivity index is 1.30. The zero-order valence-electron chi connectivity index (χ0n) is 15.6. The molecule has 0 aromatic carbocycles. The van der Waals surface area contributed by atoms with Gasteiger partial charge in [-0.3, -0.25) is 4.79 Å². The molecule has 0 unspecified atom stereocenters. The van der Waals surface area contributed by atoms with Gasteiger partial charge in [0.05, 0.1) is 5.75 Å². The topological polar surface area (TPSA) is 54.9 Å². The molecule has 136 valence electrons. The van der Waals surface area contributed by atoms with Crippen LogP contribution >= 0.6 is 11.8 Å². The molecule has 4 bridgehead atoms. The Bertz CT molecular complexity index is 629. The zero-order valence-corrected chi connectivity index (χ0v) is 16.4. The molecule has 5 heteroatoms. The number of hydrogen-bond donors (Lipinski definition) is 1. The van der Waals surface area contributed by atoms with E-state index in [0.717, 1.165) is 41.2 Å². The summed E-state index contributed by atoms with van der Waals surface area (Å²) in [7, 11) is 0. The smallest absolute Gasteiger partial charge is 0.230 e. The maximum absolute atomic E-state index is 12.4.